The summed E-state index contributed by atoms with van der Waals surface area (Å²) in [5.41, 5.74) is 2.00. The highest BCUT2D eigenvalue weighted by atomic mass is 32.1. The van der Waals surface area contributed by atoms with Gasteiger partial charge in [-0.15, -0.1) is 11.3 Å². The second-order valence-electron chi connectivity index (χ2n) is 5.46. The van der Waals surface area contributed by atoms with Crippen molar-refractivity contribution in [3.05, 3.63) is 33.8 Å². The van der Waals surface area contributed by atoms with Crippen LogP contribution in [0.25, 0.3) is 6.08 Å². The first-order valence-corrected chi connectivity index (χ1v) is 8.48. The van der Waals surface area contributed by atoms with E-state index >= 15 is 0 Å². The summed E-state index contributed by atoms with van der Waals surface area (Å²) >= 11 is 1.63. The first-order valence-electron chi connectivity index (χ1n) is 7.60. The molecule has 0 spiro atoms. The maximum absolute atomic E-state index is 11.9. The monoisotopic (exact) mass is 305 g/mol. The summed E-state index contributed by atoms with van der Waals surface area (Å²) in [5.74, 6) is -0.0856. The normalized spacial score (nSPS) is 23.2. The maximum Gasteiger partial charge on any atom is 0.306 e. The van der Waals surface area contributed by atoms with Crippen molar-refractivity contribution in [2.75, 3.05) is 0 Å². The molecular formula is C17H23NO2S. The van der Waals surface area contributed by atoms with E-state index in [0.29, 0.717) is 6.42 Å². The highest BCUT2D eigenvalue weighted by Gasteiger charge is 2.16. The molecule has 114 valence electrons. The Bertz CT molecular complexity index is 531. The van der Waals surface area contributed by atoms with E-state index in [1.54, 1.807) is 11.3 Å². The minimum atomic E-state index is -0.172. The average Bonchev–Trinajstić information content (AvgIpc) is 2.82. The van der Waals surface area contributed by atoms with E-state index in [4.69, 9.17) is 4.74 Å². The third kappa shape index (κ3) is 5.46. The van der Waals surface area contributed by atoms with E-state index in [9.17, 15) is 4.79 Å². The van der Waals surface area contributed by atoms with Crippen molar-refractivity contribution >= 4 is 23.4 Å². The molecule has 0 fully saturated rings. The quantitative estimate of drug-likeness (QED) is 0.588. The number of thiazole rings is 1. The first-order chi connectivity index (χ1) is 10.1. The zero-order chi connectivity index (χ0) is 15.1. The van der Waals surface area contributed by atoms with Gasteiger partial charge >= 0.3 is 5.97 Å². The lowest BCUT2D eigenvalue weighted by Crippen LogP contribution is -2.18. The van der Waals surface area contributed by atoms with E-state index in [2.05, 4.69) is 17.1 Å². The van der Waals surface area contributed by atoms with Crippen LogP contribution in [0.4, 0.5) is 0 Å². The molecule has 0 amide bonds. The molecule has 2 rings (SSSR count). The zero-order valence-electron chi connectivity index (χ0n) is 12.8. The number of nitrogens with zero attached hydrogens (tertiary/aromatic N) is 1. The minimum absolute atomic E-state index is 0.0856. The van der Waals surface area contributed by atoms with Crippen LogP contribution < -0.4 is 0 Å². The second kappa shape index (κ2) is 8.13. The topological polar surface area (TPSA) is 39.2 Å². The molecule has 0 aliphatic carbocycles. The van der Waals surface area contributed by atoms with Gasteiger partial charge in [0.05, 0.1) is 10.7 Å². The number of allylic oxidation sites excluding steroid dienone is 1. The number of ether oxygens (including phenoxy) is 1. The van der Waals surface area contributed by atoms with Crippen LogP contribution in [-0.4, -0.2) is 17.1 Å². The third-order valence-corrected chi connectivity index (χ3v) is 4.35. The lowest BCUT2D eigenvalue weighted by molar-refractivity contribution is -0.147. The molecule has 4 heteroatoms. The molecule has 0 aromatic carbocycles. The molecular weight excluding hydrogens is 282 g/mol. The molecule has 2 heterocycles. The summed E-state index contributed by atoms with van der Waals surface area (Å²) in [5, 5.41) is 3.08. The van der Waals surface area contributed by atoms with Gasteiger partial charge in [0.2, 0.25) is 0 Å². The van der Waals surface area contributed by atoms with Gasteiger partial charge in [0.25, 0.3) is 0 Å². The minimum Gasteiger partial charge on any atom is -0.457 e. The van der Waals surface area contributed by atoms with E-state index in [0.717, 1.165) is 48.4 Å². The van der Waals surface area contributed by atoms with Crippen LogP contribution in [0.1, 0.15) is 56.2 Å². The standard InChI is InChI=1S/C17H23NO2S/c1-13(11-15-12-21-14(2)18-15)16-9-7-5-3-4-6-8-10-17(19)20-16/h5,7,11-12,16H,3-4,6,8-10H2,1-2H3/b7-5+,13-11+. The van der Waals surface area contributed by atoms with Crippen LogP contribution >= 0.6 is 11.3 Å². The van der Waals surface area contributed by atoms with Crippen molar-refractivity contribution in [2.24, 2.45) is 0 Å². The Morgan fingerprint density at radius 2 is 2.24 bits per heavy atom. The molecule has 1 unspecified atom stereocenters. The molecule has 21 heavy (non-hydrogen) atoms. The molecule has 0 saturated carbocycles. The van der Waals surface area contributed by atoms with Crippen molar-refractivity contribution < 1.29 is 9.53 Å². The molecule has 1 aliphatic heterocycles. The number of rotatable bonds is 2. The van der Waals surface area contributed by atoms with Crippen LogP contribution in [-0.2, 0) is 9.53 Å². The number of carbonyl (C=O) groups is 1. The molecule has 1 aliphatic rings. The highest BCUT2D eigenvalue weighted by molar-refractivity contribution is 7.09. The van der Waals surface area contributed by atoms with E-state index in [1.807, 2.05) is 25.3 Å². The summed E-state index contributed by atoms with van der Waals surface area (Å²) in [6.45, 7) is 4.01. The molecule has 0 radical (unpaired) electrons. The van der Waals surface area contributed by atoms with Crippen molar-refractivity contribution in [3.8, 4) is 0 Å². The third-order valence-electron chi connectivity index (χ3n) is 3.56. The largest absolute Gasteiger partial charge is 0.457 e. The highest BCUT2D eigenvalue weighted by Crippen LogP contribution is 2.19. The smallest absolute Gasteiger partial charge is 0.306 e. The number of carbonyl (C=O) groups excluding carboxylic acids is 1. The van der Waals surface area contributed by atoms with Crippen LogP contribution in [0.15, 0.2) is 23.1 Å². The molecule has 1 atom stereocenters. The summed E-state index contributed by atoms with van der Waals surface area (Å²) in [4.78, 5) is 16.3. The van der Waals surface area contributed by atoms with Crippen LogP contribution in [0.2, 0.25) is 0 Å². The summed E-state index contributed by atoms with van der Waals surface area (Å²) in [6.07, 6.45) is 11.7. The SMILES string of the molecule is C/C(=C\c1csc(C)n1)C1C/C=C/CCCCCC(=O)O1. The Kier molecular flexibility index (Phi) is 6.18. The Morgan fingerprint density at radius 1 is 1.38 bits per heavy atom. The molecule has 1 aromatic heterocycles. The Labute approximate surface area is 130 Å². The van der Waals surface area contributed by atoms with E-state index in [1.165, 1.54) is 0 Å². The second-order valence-corrected chi connectivity index (χ2v) is 6.53. The van der Waals surface area contributed by atoms with Crippen LogP contribution in [0.5, 0.6) is 0 Å². The Morgan fingerprint density at radius 3 is 3.00 bits per heavy atom. The van der Waals surface area contributed by atoms with Crippen molar-refractivity contribution in [2.45, 2.75) is 58.5 Å². The van der Waals surface area contributed by atoms with Gasteiger partial charge in [0, 0.05) is 18.2 Å². The van der Waals surface area contributed by atoms with Crippen LogP contribution in [0, 0.1) is 6.92 Å². The average molecular weight is 305 g/mol. The predicted octanol–water partition coefficient (Wildman–Crippen LogP) is 4.68. The molecule has 0 bridgehead atoms. The van der Waals surface area contributed by atoms with Crippen LogP contribution in [0.3, 0.4) is 0 Å². The number of esters is 1. The number of hydrogen-bond acceptors (Lipinski definition) is 4. The number of hydrogen-bond donors (Lipinski definition) is 0. The van der Waals surface area contributed by atoms with E-state index in [-0.39, 0.29) is 12.1 Å². The summed E-state index contributed by atoms with van der Waals surface area (Å²) < 4.78 is 5.64. The fraction of sp³-hybridized carbons (Fsp3) is 0.529. The first kappa shape index (κ1) is 16.0. The summed E-state index contributed by atoms with van der Waals surface area (Å²) in [6, 6.07) is 0. The van der Waals surface area contributed by atoms with Crippen molar-refractivity contribution in [1.82, 2.24) is 4.98 Å². The van der Waals surface area contributed by atoms with Gasteiger partial charge in [0.1, 0.15) is 6.10 Å². The van der Waals surface area contributed by atoms with Gasteiger partial charge in [0.15, 0.2) is 0 Å². The van der Waals surface area contributed by atoms with Gasteiger partial charge in [-0.25, -0.2) is 4.98 Å². The number of aryl methyl sites for hydroxylation is 1. The number of aromatic nitrogens is 1. The Balaban J connectivity index is 2.09. The predicted molar refractivity (Wildman–Crippen MR) is 87.2 cm³/mol. The van der Waals surface area contributed by atoms with Crippen molar-refractivity contribution in [3.63, 3.8) is 0 Å². The molecule has 3 nitrogen and oxygen atoms in total. The molecule has 1 aromatic rings. The molecule has 0 N–H and O–H groups in total. The van der Waals surface area contributed by atoms with Crippen molar-refractivity contribution in [1.29, 1.82) is 0 Å². The summed E-state index contributed by atoms with van der Waals surface area (Å²) in [7, 11) is 0. The van der Waals surface area contributed by atoms with Gasteiger partial charge in [-0.1, -0.05) is 18.6 Å². The fourth-order valence-electron chi connectivity index (χ4n) is 2.36. The van der Waals surface area contributed by atoms with Gasteiger partial charge in [-0.3, -0.25) is 4.79 Å². The zero-order valence-corrected chi connectivity index (χ0v) is 13.6. The lowest BCUT2D eigenvalue weighted by Gasteiger charge is -2.17. The Hall–Kier alpha value is -1.42. The van der Waals surface area contributed by atoms with Gasteiger partial charge < -0.3 is 4.74 Å². The fourth-order valence-corrected chi connectivity index (χ4v) is 2.93. The van der Waals surface area contributed by atoms with E-state index < -0.39 is 0 Å². The number of cyclic esters (lactones) is 1. The molecule has 0 saturated heterocycles. The maximum atomic E-state index is 11.9. The van der Waals surface area contributed by atoms with Gasteiger partial charge in [-0.05, 0) is 44.8 Å². The van der Waals surface area contributed by atoms with Gasteiger partial charge in [-0.2, -0.15) is 0 Å². The lowest BCUT2D eigenvalue weighted by atomic mass is 10.1.